The number of fused-ring (bicyclic) bond motifs is 2. The van der Waals surface area contributed by atoms with Gasteiger partial charge in [0.15, 0.2) is 0 Å². The molecular weight excluding hydrogens is 518 g/mol. The first-order valence-corrected chi connectivity index (χ1v) is 13.9. The van der Waals surface area contributed by atoms with Crippen molar-refractivity contribution < 1.29 is 29.4 Å². The van der Waals surface area contributed by atoms with Gasteiger partial charge in [-0.05, 0) is 38.4 Å². The fourth-order valence-corrected chi connectivity index (χ4v) is 4.55. The number of Topliss-reactive ketones (excluding diaryl/α,β-unsaturated/α-hetero) is 1. The van der Waals surface area contributed by atoms with Crippen molar-refractivity contribution in [2.24, 2.45) is 11.5 Å². The fourth-order valence-electron chi connectivity index (χ4n) is 4.55. The van der Waals surface area contributed by atoms with Gasteiger partial charge in [0.1, 0.15) is 5.78 Å². The molecule has 0 spiro atoms. The molecule has 13 heteroatoms. The zero-order chi connectivity index (χ0) is 29.5. The summed E-state index contributed by atoms with van der Waals surface area (Å²) < 4.78 is 0. The van der Waals surface area contributed by atoms with E-state index >= 15 is 0 Å². The number of pyridine rings is 1. The van der Waals surface area contributed by atoms with Crippen LogP contribution in [0.4, 0.5) is 5.69 Å². The van der Waals surface area contributed by atoms with E-state index in [9.17, 15) is 29.4 Å². The van der Waals surface area contributed by atoms with E-state index in [1.807, 2.05) is 29.0 Å². The zero-order valence-electron chi connectivity index (χ0n) is 23.5. The van der Waals surface area contributed by atoms with Crippen LogP contribution in [-0.4, -0.2) is 112 Å². The average Bonchev–Trinajstić information content (AvgIpc) is 2.88. The predicted molar refractivity (Wildman–Crippen MR) is 151 cm³/mol. The number of amides is 1. The number of hydrogen-bond acceptors (Lipinski definition) is 10. The predicted octanol–water partition coefficient (Wildman–Crippen LogP) is 0.325. The Morgan fingerprint density at radius 2 is 1.55 bits per heavy atom. The molecule has 0 aliphatic carbocycles. The first kappa shape index (κ1) is 33.1. The van der Waals surface area contributed by atoms with Crippen LogP contribution in [0, 0.1) is 0 Å². The number of nitrogens with one attached hydrogen (secondary N) is 1. The number of unbranched alkanes of at least 4 members (excludes halogenated alkanes) is 3. The first-order valence-electron chi connectivity index (χ1n) is 13.9. The molecule has 0 fully saturated rings. The number of rotatable bonds is 16. The number of primary amides is 1. The number of nitrogens with zero attached hydrogens (tertiary/aromatic N) is 4. The number of anilines is 1. The number of aromatic nitrogens is 1. The number of ketones is 1. The van der Waals surface area contributed by atoms with Gasteiger partial charge >= 0.3 is 11.9 Å². The Kier molecular flexibility index (Phi) is 14.5. The summed E-state index contributed by atoms with van der Waals surface area (Å²) >= 11 is 0. The Morgan fingerprint density at radius 1 is 0.925 bits per heavy atom. The maximum atomic E-state index is 12.1. The molecule has 1 amide bonds. The molecule has 1 unspecified atom stereocenters. The summed E-state index contributed by atoms with van der Waals surface area (Å²) in [5.74, 6) is -2.30. The number of nitrogens with two attached hydrogens (primary N) is 2. The van der Waals surface area contributed by atoms with Gasteiger partial charge < -0.3 is 31.9 Å². The summed E-state index contributed by atoms with van der Waals surface area (Å²) in [5.41, 5.74) is 13.2. The molecule has 224 valence electrons. The van der Waals surface area contributed by atoms with Crippen molar-refractivity contribution in [1.29, 1.82) is 0 Å². The number of carbonyl (C=O) groups excluding carboxylic acids is 2. The second-order valence-electron chi connectivity index (χ2n) is 10.5. The van der Waals surface area contributed by atoms with Crippen LogP contribution in [0.2, 0.25) is 0 Å². The monoisotopic (exact) mass is 563 g/mol. The Balaban J connectivity index is 1.96. The molecule has 0 saturated heterocycles. The van der Waals surface area contributed by atoms with Gasteiger partial charge in [0.2, 0.25) is 5.91 Å². The molecule has 1 aromatic heterocycles. The van der Waals surface area contributed by atoms with Crippen molar-refractivity contribution in [3.8, 4) is 0 Å². The number of likely N-dealkylation sites (N-methyl/N-ethyl adjacent to an activating group) is 1. The summed E-state index contributed by atoms with van der Waals surface area (Å²) in [6.45, 7) is 3.65. The molecule has 2 bridgehead atoms. The second-order valence-corrected chi connectivity index (χ2v) is 10.5. The van der Waals surface area contributed by atoms with E-state index in [4.69, 9.17) is 16.5 Å². The Hall–Kier alpha value is -3.13. The number of carboxylic acids is 2. The van der Waals surface area contributed by atoms with Crippen molar-refractivity contribution in [1.82, 2.24) is 19.7 Å². The lowest BCUT2D eigenvalue weighted by Gasteiger charge is -2.28. The SMILES string of the molecule is CN1CCN(CC(=O)O)Cc2ccc(NCCCCCCC(=O)C(N)CCC(N)=O)c(n2)CN(CC(=O)O)CC1. The van der Waals surface area contributed by atoms with E-state index < -0.39 is 23.9 Å². The summed E-state index contributed by atoms with van der Waals surface area (Å²) in [7, 11) is 1.95. The summed E-state index contributed by atoms with van der Waals surface area (Å²) in [6.07, 6.45) is 4.18. The molecule has 1 aromatic rings. The standard InChI is InChI=1S/C27H45N7O6/c1-32-12-14-33(18-26(37)38)16-20-7-9-22(23(31-20)17-34(15-13-32)19-27(39)40)30-11-5-3-2-4-6-24(35)21(28)8-10-25(29)36/h7,9,21,30H,2-6,8,10-19,28H2,1H3,(H2,29,36)(H,37,38)(H,39,40). The number of aliphatic carboxylic acids is 2. The van der Waals surface area contributed by atoms with E-state index in [-0.39, 0.29) is 31.7 Å². The highest BCUT2D eigenvalue weighted by Gasteiger charge is 2.19. The molecule has 7 N–H and O–H groups in total. The van der Waals surface area contributed by atoms with Crippen molar-refractivity contribution in [3.63, 3.8) is 0 Å². The van der Waals surface area contributed by atoms with Gasteiger partial charge in [0.25, 0.3) is 0 Å². The third-order valence-electron chi connectivity index (χ3n) is 6.89. The third-order valence-corrected chi connectivity index (χ3v) is 6.89. The second kappa shape index (κ2) is 17.5. The van der Waals surface area contributed by atoms with Crippen LogP contribution in [0.3, 0.4) is 0 Å². The minimum Gasteiger partial charge on any atom is -0.480 e. The molecule has 2 heterocycles. The minimum atomic E-state index is -0.902. The molecule has 2 rings (SSSR count). The van der Waals surface area contributed by atoms with Crippen LogP contribution in [-0.2, 0) is 32.3 Å². The van der Waals surface area contributed by atoms with E-state index in [1.165, 1.54) is 0 Å². The topological polar surface area (TPSA) is 195 Å². The Labute approximate surface area is 235 Å². The van der Waals surface area contributed by atoms with Crippen LogP contribution >= 0.6 is 0 Å². The van der Waals surface area contributed by atoms with Gasteiger partial charge in [-0.1, -0.05) is 12.8 Å². The van der Waals surface area contributed by atoms with Gasteiger partial charge in [-0.15, -0.1) is 0 Å². The van der Waals surface area contributed by atoms with Crippen LogP contribution in [0.25, 0.3) is 0 Å². The van der Waals surface area contributed by atoms with E-state index in [0.29, 0.717) is 52.2 Å². The van der Waals surface area contributed by atoms with Gasteiger partial charge in [0, 0.05) is 58.7 Å². The first-order chi connectivity index (χ1) is 19.0. The summed E-state index contributed by atoms with van der Waals surface area (Å²) in [6, 6.07) is 3.17. The molecule has 0 aromatic carbocycles. The smallest absolute Gasteiger partial charge is 0.317 e. The van der Waals surface area contributed by atoms with Crippen LogP contribution in [0.5, 0.6) is 0 Å². The largest absolute Gasteiger partial charge is 0.480 e. The van der Waals surface area contributed by atoms with Crippen molar-refractivity contribution in [3.05, 3.63) is 23.5 Å². The number of carbonyl (C=O) groups is 4. The molecule has 0 saturated carbocycles. The summed E-state index contributed by atoms with van der Waals surface area (Å²) in [4.78, 5) is 56.4. The van der Waals surface area contributed by atoms with Crippen LogP contribution in [0.1, 0.15) is 56.3 Å². The minimum absolute atomic E-state index is 0.0473. The van der Waals surface area contributed by atoms with Crippen molar-refractivity contribution >= 4 is 29.3 Å². The summed E-state index contributed by atoms with van der Waals surface area (Å²) in [5, 5.41) is 22.2. The molecule has 40 heavy (non-hydrogen) atoms. The molecule has 13 nitrogen and oxygen atoms in total. The normalized spacial score (nSPS) is 16.4. The lowest BCUT2D eigenvalue weighted by Crippen LogP contribution is -2.41. The number of carboxylic acid groups (broad SMARTS) is 2. The Morgan fingerprint density at radius 3 is 2.17 bits per heavy atom. The molecule has 1 aliphatic rings. The van der Waals surface area contributed by atoms with Gasteiger partial charge in [-0.25, -0.2) is 0 Å². The highest BCUT2D eigenvalue weighted by molar-refractivity contribution is 5.84. The maximum absolute atomic E-state index is 12.1. The highest BCUT2D eigenvalue weighted by Crippen LogP contribution is 2.19. The number of hydrogen-bond donors (Lipinski definition) is 5. The average molecular weight is 564 g/mol. The van der Waals surface area contributed by atoms with E-state index in [0.717, 1.165) is 42.8 Å². The third kappa shape index (κ3) is 13.3. The van der Waals surface area contributed by atoms with Crippen molar-refractivity contribution in [2.75, 3.05) is 58.2 Å². The highest BCUT2D eigenvalue weighted by atomic mass is 16.4. The Bertz CT molecular complexity index is 992. The lowest BCUT2D eigenvalue weighted by molar-refractivity contribution is -0.139. The van der Waals surface area contributed by atoms with Gasteiger partial charge in [-0.3, -0.25) is 34.0 Å². The molecule has 0 radical (unpaired) electrons. The van der Waals surface area contributed by atoms with E-state index in [1.54, 1.807) is 0 Å². The van der Waals surface area contributed by atoms with Gasteiger partial charge in [0.05, 0.1) is 36.2 Å². The quantitative estimate of drug-likeness (QED) is 0.173. The lowest BCUT2D eigenvalue weighted by atomic mass is 10.0. The van der Waals surface area contributed by atoms with Gasteiger partial charge in [-0.2, -0.15) is 0 Å². The van der Waals surface area contributed by atoms with Crippen molar-refractivity contribution in [2.45, 2.75) is 64.1 Å². The molecule has 1 atom stereocenters. The molecular formula is C27H45N7O6. The van der Waals surface area contributed by atoms with E-state index in [2.05, 4.69) is 10.2 Å². The maximum Gasteiger partial charge on any atom is 0.317 e. The fraction of sp³-hybridized carbons (Fsp3) is 0.667. The molecule has 1 aliphatic heterocycles. The van der Waals surface area contributed by atoms with Crippen LogP contribution in [0.15, 0.2) is 12.1 Å². The zero-order valence-corrected chi connectivity index (χ0v) is 23.5. The van der Waals surface area contributed by atoms with Crippen LogP contribution < -0.4 is 16.8 Å².